The van der Waals surface area contributed by atoms with E-state index in [0.717, 1.165) is 12.8 Å². The summed E-state index contributed by atoms with van der Waals surface area (Å²) in [6.45, 7) is -3.01. The average molecular weight is 561 g/mol. The van der Waals surface area contributed by atoms with Crippen molar-refractivity contribution in [3.05, 3.63) is 77.1 Å². The van der Waals surface area contributed by atoms with Gasteiger partial charge in [-0.25, -0.2) is 13.4 Å². The molecular weight excluding hydrogens is 538 g/mol. The molecule has 0 aliphatic heterocycles. The van der Waals surface area contributed by atoms with Crippen LogP contribution in [-0.2, 0) is 14.6 Å². The van der Waals surface area contributed by atoms with Crippen molar-refractivity contribution in [1.82, 2.24) is 9.97 Å². The molecule has 0 unspecified atom stereocenters. The van der Waals surface area contributed by atoms with Gasteiger partial charge < -0.3 is 14.8 Å². The summed E-state index contributed by atoms with van der Waals surface area (Å²) in [6, 6.07) is 15.7. The average Bonchev–Trinajstić information content (AvgIpc) is 3.57. The monoisotopic (exact) mass is 560 g/mol. The number of carbonyl (C=O) groups is 1. The van der Waals surface area contributed by atoms with Crippen molar-refractivity contribution >= 4 is 38.4 Å². The quantitative estimate of drug-likeness (QED) is 0.236. The summed E-state index contributed by atoms with van der Waals surface area (Å²) in [6.07, 6.45) is 1.54. The smallest absolute Gasteiger partial charge is 0.387 e. The van der Waals surface area contributed by atoms with Gasteiger partial charge in [0.15, 0.2) is 9.84 Å². The molecule has 0 spiro atoms. The summed E-state index contributed by atoms with van der Waals surface area (Å²) < 4.78 is 55.7. The molecule has 1 aliphatic carbocycles. The third-order valence-electron chi connectivity index (χ3n) is 6.48. The highest BCUT2D eigenvalue weighted by Gasteiger charge is 2.29. The highest BCUT2D eigenvalue weighted by atomic mass is 35.5. The Morgan fingerprint density at radius 1 is 1.11 bits per heavy atom. The second-order valence-corrected chi connectivity index (χ2v) is 11.7. The van der Waals surface area contributed by atoms with Gasteiger partial charge in [-0.05, 0) is 54.7 Å². The molecule has 1 aliphatic rings. The minimum Gasteiger partial charge on any atom is -0.481 e. The van der Waals surface area contributed by atoms with Gasteiger partial charge in [-0.15, -0.1) is 0 Å². The number of H-pyrrole nitrogens is 1. The number of ether oxygens (including phenoxy) is 1. The Balaban J connectivity index is 1.51. The highest BCUT2D eigenvalue weighted by molar-refractivity contribution is 7.91. The van der Waals surface area contributed by atoms with Crippen LogP contribution >= 0.6 is 11.6 Å². The number of aromatic nitrogens is 2. The molecule has 0 bridgehead atoms. The zero-order chi connectivity index (χ0) is 27.0. The lowest BCUT2D eigenvalue weighted by Gasteiger charge is -2.14. The van der Waals surface area contributed by atoms with E-state index < -0.39 is 28.3 Å². The number of nitrogens with one attached hydrogen (secondary N) is 1. The number of carboxylic acid groups (broad SMARTS) is 1. The Morgan fingerprint density at radius 2 is 1.82 bits per heavy atom. The van der Waals surface area contributed by atoms with Crippen LogP contribution in [0.15, 0.2) is 65.6 Å². The Kier molecular flexibility index (Phi) is 7.11. The van der Waals surface area contributed by atoms with Crippen LogP contribution in [0, 0.1) is 5.92 Å². The first kappa shape index (κ1) is 26.1. The topological polar surface area (TPSA) is 109 Å². The molecule has 1 fully saturated rings. The molecule has 198 valence electrons. The number of hydrogen-bond donors (Lipinski definition) is 2. The summed E-state index contributed by atoms with van der Waals surface area (Å²) in [5, 5.41) is 9.84. The first-order valence-electron chi connectivity index (χ1n) is 11.9. The largest absolute Gasteiger partial charge is 0.481 e. The number of sulfone groups is 1. The molecule has 1 atom stereocenters. The lowest BCUT2D eigenvalue weighted by Crippen LogP contribution is -2.11. The molecule has 38 heavy (non-hydrogen) atoms. The van der Waals surface area contributed by atoms with E-state index in [1.54, 1.807) is 42.5 Å². The number of aliphatic carboxylic acids is 1. The van der Waals surface area contributed by atoms with Crippen LogP contribution in [-0.4, -0.2) is 41.8 Å². The normalized spacial score (nSPS) is 14.6. The van der Waals surface area contributed by atoms with Crippen molar-refractivity contribution in [2.45, 2.75) is 36.7 Å². The first-order chi connectivity index (χ1) is 18.1. The van der Waals surface area contributed by atoms with Crippen LogP contribution in [0.2, 0.25) is 5.02 Å². The van der Waals surface area contributed by atoms with Crippen molar-refractivity contribution in [2.24, 2.45) is 5.92 Å². The van der Waals surface area contributed by atoms with E-state index in [0.29, 0.717) is 33.5 Å². The van der Waals surface area contributed by atoms with E-state index in [9.17, 15) is 27.1 Å². The molecular formula is C27H23ClF2N2O5S. The van der Waals surface area contributed by atoms with Crippen molar-refractivity contribution in [1.29, 1.82) is 0 Å². The number of hydrogen-bond acceptors (Lipinski definition) is 5. The number of alkyl halides is 2. The first-order valence-corrected chi connectivity index (χ1v) is 13.9. The SMILES string of the molecule is O=C(O)C[C@@H](c1ccc(S(=O)(=O)CC2CC2)cc1)c1nc2cc(-c3ccccc3OC(F)F)c(Cl)cc2[nH]1. The number of benzene rings is 3. The van der Waals surface area contributed by atoms with Crippen LogP contribution in [0.1, 0.15) is 36.6 Å². The maximum absolute atomic E-state index is 12.9. The van der Waals surface area contributed by atoms with Crippen molar-refractivity contribution in [2.75, 3.05) is 5.75 Å². The highest BCUT2D eigenvalue weighted by Crippen LogP contribution is 2.39. The standard InChI is InChI=1S/C27H23ClF2N2O5S/c28-21-13-23-22(11-20(21)18-3-1-2-4-24(18)37-27(29)30)31-26(32-23)19(12-25(33)34)16-7-9-17(10-8-16)38(35,36)14-15-5-6-15/h1-4,7-11,13,15,19,27H,5-6,12,14H2,(H,31,32)(H,33,34)/t19-/m0/s1. The van der Waals surface area contributed by atoms with Crippen LogP contribution in [0.4, 0.5) is 8.78 Å². The van der Waals surface area contributed by atoms with E-state index in [-0.39, 0.29) is 33.8 Å². The Hall–Kier alpha value is -3.50. The lowest BCUT2D eigenvalue weighted by atomic mass is 9.95. The third kappa shape index (κ3) is 5.66. The summed E-state index contributed by atoms with van der Waals surface area (Å²) in [5.74, 6) is -1.13. The second kappa shape index (κ2) is 10.3. The van der Waals surface area contributed by atoms with E-state index >= 15 is 0 Å². The van der Waals surface area contributed by atoms with Crippen LogP contribution in [0.5, 0.6) is 5.75 Å². The molecule has 0 radical (unpaired) electrons. The Bertz CT molecular complexity index is 1600. The molecule has 1 heterocycles. The molecule has 1 saturated carbocycles. The van der Waals surface area contributed by atoms with Crippen molar-refractivity contribution in [3.63, 3.8) is 0 Å². The fraction of sp³-hybridized carbons (Fsp3) is 0.259. The third-order valence-corrected chi connectivity index (χ3v) is 8.70. The van der Waals surface area contributed by atoms with Crippen molar-refractivity contribution in [3.8, 4) is 16.9 Å². The number of rotatable bonds is 10. The zero-order valence-corrected chi connectivity index (χ0v) is 21.5. The molecule has 5 rings (SSSR count). The van der Waals surface area contributed by atoms with Gasteiger partial charge in [0, 0.05) is 11.1 Å². The molecule has 7 nitrogen and oxygen atoms in total. The number of nitrogens with zero attached hydrogens (tertiary/aromatic N) is 1. The van der Waals surface area contributed by atoms with Gasteiger partial charge in [0.25, 0.3) is 0 Å². The van der Waals surface area contributed by atoms with Gasteiger partial charge in [0.2, 0.25) is 0 Å². The zero-order valence-electron chi connectivity index (χ0n) is 19.9. The van der Waals surface area contributed by atoms with Crippen LogP contribution in [0.25, 0.3) is 22.2 Å². The van der Waals surface area contributed by atoms with Gasteiger partial charge >= 0.3 is 12.6 Å². The van der Waals surface area contributed by atoms with Gasteiger partial charge in [-0.1, -0.05) is 41.9 Å². The number of aromatic amines is 1. The molecule has 0 amide bonds. The number of fused-ring (bicyclic) bond motifs is 1. The van der Waals surface area contributed by atoms with Crippen molar-refractivity contribution < 1.29 is 31.8 Å². The number of para-hydroxylation sites is 1. The Morgan fingerprint density at radius 3 is 2.47 bits per heavy atom. The van der Waals surface area contributed by atoms with Gasteiger partial charge in [-0.2, -0.15) is 8.78 Å². The van der Waals surface area contributed by atoms with Gasteiger partial charge in [0.05, 0.1) is 39.0 Å². The number of halogens is 3. The maximum atomic E-state index is 12.9. The fourth-order valence-corrected chi connectivity index (χ4v) is 6.42. The molecule has 3 aromatic carbocycles. The molecule has 11 heteroatoms. The second-order valence-electron chi connectivity index (χ2n) is 9.29. The molecule has 4 aromatic rings. The number of carboxylic acids is 1. The molecule has 2 N–H and O–H groups in total. The number of imidazole rings is 1. The van der Waals surface area contributed by atoms with Crippen LogP contribution < -0.4 is 4.74 Å². The fourth-order valence-electron chi connectivity index (χ4n) is 4.46. The summed E-state index contributed by atoms with van der Waals surface area (Å²) >= 11 is 6.50. The Labute approximate surface area is 222 Å². The predicted molar refractivity (Wildman–Crippen MR) is 138 cm³/mol. The maximum Gasteiger partial charge on any atom is 0.387 e. The minimum atomic E-state index is -3.41. The summed E-state index contributed by atoms with van der Waals surface area (Å²) in [5.41, 5.74) is 2.34. The summed E-state index contributed by atoms with van der Waals surface area (Å²) in [7, 11) is -3.41. The predicted octanol–water partition coefficient (Wildman–Crippen LogP) is 6.28. The van der Waals surface area contributed by atoms with E-state index in [4.69, 9.17) is 11.6 Å². The lowest BCUT2D eigenvalue weighted by molar-refractivity contribution is -0.137. The minimum absolute atomic E-state index is 0.0417. The van der Waals surface area contributed by atoms with Gasteiger partial charge in [-0.3, -0.25) is 4.79 Å². The summed E-state index contributed by atoms with van der Waals surface area (Å²) in [4.78, 5) is 19.6. The molecule has 1 aromatic heterocycles. The van der Waals surface area contributed by atoms with E-state index in [1.165, 1.54) is 18.2 Å². The van der Waals surface area contributed by atoms with E-state index in [2.05, 4.69) is 14.7 Å². The van der Waals surface area contributed by atoms with Gasteiger partial charge in [0.1, 0.15) is 11.6 Å². The van der Waals surface area contributed by atoms with Crippen LogP contribution in [0.3, 0.4) is 0 Å². The molecule has 0 saturated heterocycles. The van der Waals surface area contributed by atoms with E-state index in [1.807, 2.05) is 0 Å².